The molecule has 0 bridgehead atoms. The monoisotopic (exact) mass is 401 g/mol. The Bertz CT molecular complexity index is 870. The van der Waals surface area contributed by atoms with E-state index in [0.717, 1.165) is 22.3 Å². The number of esters is 1. The molecule has 0 saturated carbocycles. The van der Waals surface area contributed by atoms with E-state index in [4.69, 9.17) is 22.1 Å². The van der Waals surface area contributed by atoms with Crippen molar-refractivity contribution in [3.63, 3.8) is 0 Å². The summed E-state index contributed by atoms with van der Waals surface area (Å²) >= 11 is 6.15. The van der Waals surface area contributed by atoms with Crippen molar-refractivity contribution in [2.24, 2.45) is 5.73 Å². The Balaban J connectivity index is 0.00000261. The third kappa shape index (κ3) is 5.83. The van der Waals surface area contributed by atoms with E-state index >= 15 is 0 Å². The highest BCUT2D eigenvalue weighted by atomic mass is 35.5. The van der Waals surface area contributed by atoms with Gasteiger partial charge in [-0.05, 0) is 40.8 Å². The average Bonchev–Trinajstić information content (AvgIpc) is 2.67. The van der Waals surface area contributed by atoms with Crippen LogP contribution in [0.4, 0.5) is 0 Å². The van der Waals surface area contributed by atoms with Gasteiger partial charge in [-0.15, -0.1) is 12.4 Å². The van der Waals surface area contributed by atoms with Crippen molar-refractivity contribution in [2.75, 3.05) is 0 Å². The maximum Gasteiger partial charge on any atom is 0.323 e. The first-order valence-corrected chi connectivity index (χ1v) is 8.81. The summed E-state index contributed by atoms with van der Waals surface area (Å²) in [6.45, 7) is 0.217. The van der Waals surface area contributed by atoms with Crippen LogP contribution in [-0.2, 0) is 22.6 Å². The van der Waals surface area contributed by atoms with Crippen LogP contribution in [0, 0.1) is 0 Å². The van der Waals surface area contributed by atoms with Gasteiger partial charge in [0.15, 0.2) is 0 Å². The van der Waals surface area contributed by atoms with Gasteiger partial charge in [0.05, 0.1) is 0 Å². The first-order chi connectivity index (χ1) is 12.6. The van der Waals surface area contributed by atoms with E-state index in [1.54, 1.807) is 0 Å². The lowest BCUT2D eigenvalue weighted by atomic mass is 9.95. The number of hydrogen-bond donors (Lipinski definition) is 1. The Hall–Kier alpha value is -2.33. The molecule has 2 N–H and O–H groups in total. The molecule has 0 unspecified atom stereocenters. The van der Waals surface area contributed by atoms with Gasteiger partial charge in [0, 0.05) is 5.02 Å². The molecule has 3 rings (SSSR count). The van der Waals surface area contributed by atoms with Crippen LogP contribution < -0.4 is 5.73 Å². The number of rotatable bonds is 6. The summed E-state index contributed by atoms with van der Waals surface area (Å²) < 4.78 is 5.34. The molecular formula is C22H21Cl2NO2. The number of benzene rings is 3. The fourth-order valence-corrected chi connectivity index (χ4v) is 2.98. The van der Waals surface area contributed by atoms with Crippen LogP contribution in [0.5, 0.6) is 0 Å². The minimum Gasteiger partial charge on any atom is -0.460 e. The second kappa shape index (κ2) is 10.1. The highest BCUT2D eigenvalue weighted by Gasteiger charge is 2.18. The fourth-order valence-electron chi connectivity index (χ4n) is 2.79. The predicted octanol–water partition coefficient (Wildman–Crippen LogP) is 5.04. The molecule has 5 heteroatoms. The number of carbonyl (C=O) groups is 1. The zero-order valence-corrected chi connectivity index (χ0v) is 16.2. The van der Waals surface area contributed by atoms with Crippen molar-refractivity contribution in [2.45, 2.75) is 19.1 Å². The van der Waals surface area contributed by atoms with Gasteiger partial charge in [0.25, 0.3) is 0 Å². The molecule has 3 nitrogen and oxygen atoms in total. The van der Waals surface area contributed by atoms with Crippen molar-refractivity contribution in [1.29, 1.82) is 0 Å². The first kappa shape index (κ1) is 21.0. The zero-order valence-electron chi connectivity index (χ0n) is 14.7. The maximum absolute atomic E-state index is 12.3. The molecule has 0 saturated heterocycles. The second-order valence-electron chi connectivity index (χ2n) is 6.07. The van der Waals surface area contributed by atoms with Crippen molar-refractivity contribution in [3.8, 4) is 11.1 Å². The van der Waals surface area contributed by atoms with E-state index in [-0.39, 0.29) is 19.0 Å². The summed E-state index contributed by atoms with van der Waals surface area (Å²) in [5.41, 5.74) is 10.0. The van der Waals surface area contributed by atoms with E-state index in [1.807, 2.05) is 78.9 Å². The largest absolute Gasteiger partial charge is 0.460 e. The summed E-state index contributed by atoms with van der Waals surface area (Å²) in [4.78, 5) is 12.3. The van der Waals surface area contributed by atoms with Crippen LogP contribution in [0.2, 0.25) is 5.02 Å². The SMILES string of the molecule is Cl.N[C@@H](Cc1cc(Cl)ccc1-c1ccccc1)C(=O)OCc1ccccc1. The summed E-state index contributed by atoms with van der Waals surface area (Å²) in [6.07, 6.45) is 0.360. The molecule has 0 amide bonds. The van der Waals surface area contributed by atoms with E-state index in [2.05, 4.69) is 0 Å². The van der Waals surface area contributed by atoms with Crippen LogP contribution in [-0.4, -0.2) is 12.0 Å². The number of halogens is 2. The lowest BCUT2D eigenvalue weighted by molar-refractivity contribution is -0.146. The van der Waals surface area contributed by atoms with Gasteiger partial charge >= 0.3 is 5.97 Å². The quantitative estimate of drug-likeness (QED) is 0.588. The van der Waals surface area contributed by atoms with Crippen molar-refractivity contribution < 1.29 is 9.53 Å². The molecule has 3 aromatic carbocycles. The third-order valence-corrected chi connectivity index (χ3v) is 4.35. The van der Waals surface area contributed by atoms with E-state index in [9.17, 15) is 4.79 Å². The highest BCUT2D eigenvalue weighted by Crippen LogP contribution is 2.27. The van der Waals surface area contributed by atoms with Gasteiger partial charge in [0.2, 0.25) is 0 Å². The summed E-state index contributed by atoms with van der Waals surface area (Å²) in [5, 5.41) is 0.615. The molecule has 0 spiro atoms. The lowest BCUT2D eigenvalue weighted by Crippen LogP contribution is -2.34. The lowest BCUT2D eigenvalue weighted by Gasteiger charge is -2.15. The van der Waals surface area contributed by atoms with Crippen LogP contribution in [0.3, 0.4) is 0 Å². The minimum atomic E-state index is -0.750. The third-order valence-electron chi connectivity index (χ3n) is 4.12. The number of ether oxygens (including phenoxy) is 1. The van der Waals surface area contributed by atoms with Crippen LogP contribution in [0.1, 0.15) is 11.1 Å². The molecule has 0 aliphatic rings. The zero-order chi connectivity index (χ0) is 18.4. The topological polar surface area (TPSA) is 52.3 Å². The smallest absolute Gasteiger partial charge is 0.323 e. The molecule has 1 atom stereocenters. The molecule has 0 fully saturated rings. The summed E-state index contributed by atoms with van der Waals surface area (Å²) in [5.74, 6) is -0.423. The molecule has 0 heterocycles. The van der Waals surface area contributed by atoms with Gasteiger partial charge in [-0.2, -0.15) is 0 Å². The molecule has 0 aliphatic carbocycles. The second-order valence-corrected chi connectivity index (χ2v) is 6.51. The molecule has 0 aliphatic heterocycles. The minimum absolute atomic E-state index is 0. The Morgan fingerprint density at radius 1 is 0.963 bits per heavy atom. The molecular weight excluding hydrogens is 381 g/mol. The molecule has 27 heavy (non-hydrogen) atoms. The highest BCUT2D eigenvalue weighted by molar-refractivity contribution is 6.30. The van der Waals surface area contributed by atoms with Gasteiger partial charge in [-0.1, -0.05) is 78.3 Å². The Morgan fingerprint density at radius 3 is 2.26 bits per heavy atom. The van der Waals surface area contributed by atoms with E-state index in [0.29, 0.717) is 11.4 Å². The Morgan fingerprint density at radius 2 is 1.59 bits per heavy atom. The van der Waals surface area contributed by atoms with Crippen molar-refractivity contribution in [1.82, 2.24) is 0 Å². The normalized spacial score (nSPS) is 11.3. The number of hydrogen-bond acceptors (Lipinski definition) is 3. The summed E-state index contributed by atoms with van der Waals surface area (Å²) in [6, 6.07) is 24.4. The van der Waals surface area contributed by atoms with Crippen LogP contribution >= 0.6 is 24.0 Å². The molecule has 3 aromatic rings. The Kier molecular flexibility index (Phi) is 7.86. The van der Waals surface area contributed by atoms with Crippen molar-refractivity contribution >= 4 is 30.0 Å². The van der Waals surface area contributed by atoms with Gasteiger partial charge in [-0.3, -0.25) is 4.79 Å². The first-order valence-electron chi connectivity index (χ1n) is 8.43. The van der Waals surface area contributed by atoms with E-state index < -0.39 is 12.0 Å². The standard InChI is InChI=1S/C22H20ClNO2.ClH/c23-19-11-12-20(17-9-5-2-6-10-17)18(13-19)14-21(24)22(25)26-15-16-7-3-1-4-8-16;/h1-13,21H,14-15,24H2;1H/t21-;/m0./s1. The van der Waals surface area contributed by atoms with E-state index in [1.165, 1.54) is 0 Å². The van der Waals surface area contributed by atoms with Crippen LogP contribution in [0.15, 0.2) is 78.9 Å². The number of nitrogens with two attached hydrogens (primary N) is 1. The van der Waals surface area contributed by atoms with Gasteiger partial charge in [0.1, 0.15) is 12.6 Å². The van der Waals surface area contributed by atoms with Crippen molar-refractivity contribution in [3.05, 3.63) is 95.0 Å². The van der Waals surface area contributed by atoms with Crippen LogP contribution in [0.25, 0.3) is 11.1 Å². The maximum atomic E-state index is 12.3. The van der Waals surface area contributed by atoms with Gasteiger partial charge < -0.3 is 10.5 Å². The fraction of sp³-hybridized carbons (Fsp3) is 0.136. The Labute approximate surface area is 170 Å². The molecule has 0 radical (unpaired) electrons. The number of carbonyl (C=O) groups excluding carboxylic acids is 1. The average molecular weight is 402 g/mol. The predicted molar refractivity (Wildman–Crippen MR) is 112 cm³/mol. The molecule has 140 valence electrons. The van der Waals surface area contributed by atoms with Gasteiger partial charge in [-0.25, -0.2) is 0 Å². The summed E-state index contributed by atoms with van der Waals surface area (Å²) in [7, 11) is 0. The molecule has 0 aromatic heterocycles.